The van der Waals surface area contributed by atoms with Gasteiger partial charge in [-0.05, 0) is 44.9 Å². The molecule has 0 saturated carbocycles. The van der Waals surface area contributed by atoms with Gasteiger partial charge in [-0.15, -0.1) is 0 Å². The maximum Gasteiger partial charge on any atom is 0.306 e. The van der Waals surface area contributed by atoms with Crippen LogP contribution in [0.15, 0.2) is 12.2 Å². The van der Waals surface area contributed by atoms with E-state index in [4.69, 9.17) is 4.74 Å². The molecule has 6 heteroatoms. The molecule has 0 bridgehead atoms. The zero-order chi connectivity index (χ0) is 48.1. The van der Waals surface area contributed by atoms with Gasteiger partial charge in [-0.3, -0.25) is 9.59 Å². The molecule has 3 unspecified atom stereocenters. The summed E-state index contributed by atoms with van der Waals surface area (Å²) in [5.41, 5.74) is 0. The largest absolute Gasteiger partial charge is 0.462 e. The third-order valence-electron chi connectivity index (χ3n) is 14.1. The van der Waals surface area contributed by atoms with E-state index in [2.05, 4.69) is 38.2 Å². The number of aliphatic hydroxyl groups is 2. The molecule has 3 atom stereocenters. The zero-order valence-electron chi connectivity index (χ0n) is 44.9. The second kappa shape index (κ2) is 54.5. The van der Waals surface area contributed by atoms with Crippen molar-refractivity contribution in [3.8, 4) is 0 Å². The van der Waals surface area contributed by atoms with Crippen LogP contribution in [0.1, 0.15) is 335 Å². The Hall–Kier alpha value is -1.40. The highest BCUT2D eigenvalue weighted by Gasteiger charge is 2.24. The van der Waals surface area contributed by atoms with Crippen molar-refractivity contribution in [2.75, 3.05) is 6.61 Å². The van der Waals surface area contributed by atoms with Gasteiger partial charge in [0.15, 0.2) is 0 Å². The van der Waals surface area contributed by atoms with Crippen molar-refractivity contribution in [1.29, 1.82) is 0 Å². The number of amides is 1. The number of aliphatic hydroxyl groups excluding tert-OH is 2. The quantitative estimate of drug-likeness (QED) is 0.0321. The second-order valence-electron chi connectivity index (χ2n) is 20.8. The molecular weight excluding hydrogens is 815 g/mol. The van der Waals surface area contributed by atoms with E-state index in [0.29, 0.717) is 19.3 Å². The minimum Gasteiger partial charge on any atom is -0.462 e. The summed E-state index contributed by atoms with van der Waals surface area (Å²) >= 11 is 0. The maximum atomic E-state index is 13.2. The average molecular weight is 933 g/mol. The number of carbonyl (C=O) groups is 2. The van der Waals surface area contributed by atoms with Crippen molar-refractivity contribution in [3.05, 3.63) is 12.2 Å². The summed E-state index contributed by atoms with van der Waals surface area (Å²) in [7, 11) is 0. The van der Waals surface area contributed by atoms with E-state index < -0.39 is 18.2 Å². The normalized spacial score (nSPS) is 13.1. The number of hydrogen-bond acceptors (Lipinski definition) is 5. The molecule has 6 nitrogen and oxygen atoms in total. The van der Waals surface area contributed by atoms with Crippen LogP contribution in [0.2, 0.25) is 0 Å². The molecule has 1 amide bonds. The Kier molecular flexibility index (Phi) is 53.4. The van der Waals surface area contributed by atoms with Gasteiger partial charge in [-0.25, -0.2) is 0 Å². The fourth-order valence-electron chi connectivity index (χ4n) is 9.55. The van der Waals surface area contributed by atoms with Crippen LogP contribution in [-0.2, 0) is 14.3 Å². The Morgan fingerprint density at radius 3 is 1.11 bits per heavy atom. The molecule has 0 fully saturated rings. The average Bonchev–Trinajstić information content (AvgIpc) is 3.31. The molecule has 0 saturated heterocycles. The van der Waals surface area contributed by atoms with Crippen molar-refractivity contribution in [1.82, 2.24) is 5.32 Å². The van der Waals surface area contributed by atoms with E-state index >= 15 is 0 Å². The van der Waals surface area contributed by atoms with E-state index in [9.17, 15) is 19.8 Å². The predicted molar refractivity (Wildman–Crippen MR) is 287 cm³/mol. The van der Waals surface area contributed by atoms with Crippen LogP contribution < -0.4 is 5.32 Å². The Balaban J connectivity index is 4.39. The van der Waals surface area contributed by atoms with Crippen molar-refractivity contribution in [2.45, 2.75) is 354 Å². The van der Waals surface area contributed by atoms with Gasteiger partial charge in [0.25, 0.3) is 0 Å². The first-order valence-electron chi connectivity index (χ1n) is 29.9. The third kappa shape index (κ3) is 49.0. The van der Waals surface area contributed by atoms with Crippen LogP contribution in [0.4, 0.5) is 0 Å². The molecule has 0 heterocycles. The molecule has 0 aliphatic heterocycles. The third-order valence-corrected chi connectivity index (χ3v) is 14.1. The number of esters is 1. The number of allylic oxidation sites excluding steroid dienone is 2. The summed E-state index contributed by atoms with van der Waals surface area (Å²) in [5, 5.41) is 23.9. The van der Waals surface area contributed by atoms with Crippen LogP contribution in [0.25, 0.3) is 0 Å². The van der Waals surface area contributed by atoms with Gasteiger partial charge >= 0.3 is 5.97 Å². The monoisotopic (exact) mass is 932 g/mol. The van der Waals surface area contributed by atoms with E-state index in [-0.39, 0.29) is 24.9 Å². The van der Waals surface area contributed by atoms with Crippen molar-refractivity contribution < 1.29 is 24.5 Å². The van der Waals surface area contributed by atoms with E-state index in [0.717, 1.165) is 51.4 Å². The van der Waals surface area contributed by atoms with E-state index in [1.54, 1.807) is 0 Å². The molecule has 0 spiro atoms. The molecular formula is C60H117NO5. The highest BCUT2D eigenvalue weighted by atomic mass is 16.5. The van der Waals surface area contributed by atoms with Gasteiger partial charge in [0.1, 0.15) is 6.10 Å². The molecule has 0 aromatic carbocycles. The SMILES string of the molecule is CCCCCCCC/C=C\CCCC(CC(=O)NC(CO)C(O)CCCCCCCCCCCCCCCCCCC)OC(=O)CCCCCCCCCCCCCCCCCCCCC. The number of carbonyl (C=O) groups excluding carboxylic acids is 2. The fraction of sp³-hybridized carbons (Fsp3) is 0.933. The highest BCUT2D eigenvalue weighted by Crippen LogP contribution is 2.19. The number of ether oxygens (including phenoxy) is 1. The van der Waals surface area contributed by atoms with Gasteiger partial charge < -0.3 is 20.3 Å². The lowest BCUT2D eigenvalue weighted by Crippen LogP contribution is -2.46. The molecule has 66 heavy (non-hydrogen) atoms. The number of rotatable bonds is 55. The lowest BCUT2D eigenvalue weighted by molar-refractivity contribution is -0.151. The Morgan fingerprint density at radius 2 is 0.742 bits per heavy atom. The Bertz CT molecular complexity index is 1000. The summed E-state index contributed by atoms with van der Waals surface area (Å²) in [4.78, 5) is 26.2. The second-order valence-corrected chi connectivity index (χ2v) is 20.8. The van der Waals surface area contributed by atoms with Crippen LogP contribution in [0, 0.1) is 0 Å². The summed E-state index contributed by atoms with van der Waals surface area (Å²) in [6, 6.07) is -0.704. The summed E-state index contributed by atoms with van der Waals surface area (Å²) in [6.07, 6.45) is 62.9. The minimum absolute atomic E-state index is 0.0642. The number of unbranched alkanes of at least 4 members (excludes halogenated alkanes) is 41. The Labute approximate surface area is 412 Å². The maximum absolute atomic E-state index is 13.2. The molecule has 0 rings (SSSR count). The first kappa shape index (κ1) is 64.6. The smallest absolute Gasteiger partial charge is 0.306 e. The van der Waals surface area contributed by atoms with Gasteiger partial charge in [0.2, 0.25) is 5.91 Å². The molecule has 0 aliphatic rings. The lowest BCUT2D eigenvalue weighted by atomic mass is 10.0. The summed E-state index contributed by atoms with van der Waals surface area (Å²) in [5.74, 6) is -0.480. The van der Waals surface area contributed by atoms with Gasteiger partial charge in [0.05, 0.1) is 25.2 Å². The summed E-state index contributed by atoms with van der Waals surface area (Å²) in [6.45, 7) is 6.52. The molecule has 0 radical (unpaired) electrons. The van der Waals surface area contributed by atoms with Gasteiger partial charge in [0, 0.05) is 6.42 Å². The minimum atomic E-state index is -0.789. The van der Waals surface area contributed by atoms with Crippen LogP contribution in [-0.4, -0.2) is 46.9 Å². The first-order chi connectivity index (χ1) is 32.5. The van der Waals surface area contributed by atoms with Crippen LogP contribution in [0.3, 0.4) is 0 Å². The van der Waals surface area contributed by atoms with Crippen LogP contribution >= 0.6 is 0 Å². The van der Waals surface area contributed by atoms with Crippen LogP contribution in [0.5, 0.6) is 0 Å². The van der Waals surface area contributed by atoms with Gasteiger partial charge in [-0.1, -0.05) is 290 Å². The zero-order valence-corrected chi connectivity index (χ0v) is 44.9. The number of nitrogens with one attached hydrogen (secondary N) is 1. The Morgan fingerprint density at radius 1 is 0.424 bits per heavy atom. The predicted octanol–water partition coefficient (Wildman–Crippen LogP) is 18.5. The fourth-order valence-corrected chi connectivity index (χ4v) is 9.55. The number of hydrogen-bond donors (Lipinski definition) is 3. The first-order valence-corrected chi connectivity index (χ1v) is 29.9. The molecule has 0 aromatic heterocycles. The topological polar surface area (TPSA) is 95.9 Å². The molecule has 0 aliphatic carbocycles. The molecule has 3 N–H and O–H groups in total. The lowest BCUT2D eigenvalue weighted by Gasteiger charge is -2.24. The summed E-state index contributed by atoms with van der Waals surface area (Å²) < 4.78 is 5.94. The van der Waals surface area contributed by atoms with E-state index in [1.165, 1.54) is 238 Å². The van der Waals surface area contributed by atoms with Crippen molar-refractivity contribution in [2.24, 2.45) is 0 Å². The van der Waals surface area contributed by atoms with Crippen molar-refractivity contribution >= 4 is 11.9 Å². The van der Waals surface area contributed by atoms with E-state index in [1.807, 2.05) is 0 Å². The van der Waals surface area contributed by atoms with Crippen molar-refractivity contribution in [3.63, 3.8) is 0 Å². The highest BCUT2D eigenvalue weighted by molar-refractivity contribution is 5.77. The molecule has 0 aromatic rings. The molecule has 392 valence electrons. The van der Waals surface area contributed by atoms with Gasteiger partial charge in [-0.2, -0.15) is 0 Å². The standard InChI is InChI=1S/C60H117NO5/c1-4-7-10-13-16-19-22-24-26-28-29-31-33-35-38-41-44-47-50-53-60(65)66-56(51-48-45-42-39-36-21-18-15-12-9-6-3)54-59(64)61-57(55-62)58(63)52-49-46-43-40-37-34-32-30-27-25-23-20-17-14-11-8-5-2/h39,42,56-58,62-63H,4-38,40-41,43-55H2,1-3H3,(H,61,64)/b42-39-.